The van der Waals surface area contributed by atoms with Gasteiger partial charge in [-0.15, -0.1) is 6.58 Å². The average molecular weight is 741 g/mol. The van der Waals surface area contributed by atoms with Crippen molar-refractivity contribution in [1.82, 2.24) is 0 Å². The van der Waals surface area contributed by atoms with Gasteiger partial charge in [-0.2, -0.15) is 0 Å². The SMILES string of the molecule is C=CCO[C@H]1C[C@H]2OC[C@@]2(OC(C)=O)[C@H]2[C@H](OC(=O)c3ccccc3)[C@]3(O)CC(O[Si](CC)(CC)CC)C(C)=C([C@H]4OC(C)(C)O[C@H]4[C@]12C)C3(C)C. The number of carbonyl (C=O) groups excluding carboxylic acids is 2. The fourth-order valence-electron chi connectivity index (χ4n) is 10.6. The molecule has 2 aliphatic heterocycles. The van der Waals surface area contributed by atoms with Gasteiger partial charge < -0.3 is 38.0 Å². The van der Waals surface area contributed by atoms with Crippen molar-refractivity contribution in [3.63, 3.8) is 0 Å². The van der Waals surface area contributed by atoms with E-state index in [9.17, 15) is 14.7 Å². The maximum atomic E-state index is 14.4. The number of esters is 2. The third kappa shape index (κ3) is 5.88. The molecule has 10 atom stereocenters. The van der Waals surface area contributed by atoms with Crippen LogP contribution in [0.3, 0.4) is 0 Å². The smallest absolute Gasteiger partial charge is 0.338 e. The monoisotopic (exact) mass is 740 g/mol. The zero-order chi connectivity index (χ0) is 38.1. The minimum Gasteiger partial charge on any atom is -0.455 e. The quantitative estimate of drug-likeness (QED) is 0.146. The molecule has 5 aliphatic rings. The number of aliphatic hydroxyl groups is 1. The molecular weight excluding hydrogens is 681 g/mol. The van der Waals surface area contributed by atoms with Crippen LogP contribution < -0.4 is 0 Å². The topological polar surface area (TPSA) is 119 Å². The van der Waals surface area contributed by atoms with E-state index < -0.39 is 90.6 Å². The first-order valence-corrected chi connectivity index (χ1v) is 21.7. The van der Waals surface area contributed by atoms with Gasteiger partial charge in [-0.25, -0.2) is 4.79 Å². The summed E-state index contributed by atoms with van der Waals surface area (Å²) in [6, 6.07) is 11.6. The number of rotatable bonds is 11. The maximum Gasteiger partial charge on any atom is 0.338 e. The molecule has 0 radical (unpaired) electrons. The third-order valence-corrected chi connectivity index (χ3v) is 18.3. The first kappa shape index (κ1) is 39.3. The summed E-state index contributed by atoms with van der Waals surface area (Å²) in [6.45, 7) is 24.1. The van der Waals surface area contributed by atoms with E-state index in [2.05, 4.69) is 41.2 Å². The predicted molar refractivity (Wildman–Crippen MR) is 198 cm³/mol. The van der Waals surface area contributed by atoms with Crippen molar-refractivity contribution >= 4 is 20.3 Å². The lowest BCUT2D eigenvalue weighted by atomic mass is 9.44. The lowest BCUT2D eigenvalue weighted by Gasteiger charge is -2.69. The molecular formula is C41H60O10Si. The van der Waals surface area contributed by atoms with Crippen LogP contribution in [-0.2, 0) is 37.6 Å². The average Bonchev–Trinajstić information content (AvgIpc) is 3.42. The number of hydrogen-bond acceptors (Lipinski definition) is 10. The summed E-state index contributed by atoms with van der Waals surface area (Å²) in [6.07, 6.45) is -1.93. The van der Waals surface area contributed by atoms with Crippen LogP contribution in [-0.4, -0.2) is 92.2 Å². The van der Waals surface area contributed by atoms with Gasteiger partial charge in [0.05, 0.1) is 43.0 Å². The predicted octanol–water partition coefficient (Wildman–Crippen LogP) is 6.91. The molecule has 52 heavy (non-hydrogen) atoms. The summed E-state index contributed by atoms with van der Waals surface area (Å²) in [5.74, 6) is -2.97. The van der Waals surface area contributed by atoms with Crippen molar-refractivity contribution in [1.29, 1.82) is 0 Å². The molecule has 2 heterocycles. The lowest BCUT2D eigenvalue weighted by molar-refractivity contribution is -0.365. The molecule has 1 unspecified atom stereocenters. The summed E-state index contributed by atoms with van der Waals surface area (Å²) in [5, 5.41) is 13.9. The highest BCUT2D eigenvalue weighted by atomic mass is 28.4. The number of fused-ring (bicyclic) bond motifs is 8. The van der Waals surface area contributed by atoms with E-state index in [1.54, 1.807) is 30.3 Å². The Morgan fingerprint density at radius 3 is 2.25 bits per heavy atom. The molecule has 10 nitrogen and oxygen atoms in total. The summed E-state index contributed by atoms with van der Waals surface area (Å²) in [5.41, 5.74) is -2.88. The highest BCUT2D eigenvalue weighted by Gasteiger charge is 2.79. The zero-order valence-electron chi connectivity index (χ0n) is 32.8. The molecule has 3 aliphatic carbocycles. The molecule has 2 bridgehead atoms. The van der Waals surface area contributed by atoms with Crippen molar-refractivity contribution in [2.75, 3.05) is 13.2 Å². The van der Waals surface area contributed by atoms with E-state index in [-0.39, 0.29) is 19.6 Å². The summed E-state index contributed by atoms with van der Waals surface area (Å²) in [7, 11) is -2.24. The van der Waals surface area contributed by atoms with Crippen LogP contribution in [0.2, 0.25) is 18.1 Å². The van der Waals surface area contributed by atoms with Crippen molar-refractivity contribution < 1.29 is 47.5 Å². The van der Waals surface area contributed by atoms with Gasteiger partial charge in [0.1, 0.15) is 23.9 Å². The van der Waals surface area contributed by atoms with E-state index in [0.717, 1.165) is 29.3 Å². The molecule has 2 saturated heterocycles. The summed E-state index contributed by atoms with van der Waals surface area (Å²) < 4.78 is 47.4. The van der Waals surface area contributed by atoms with Crippen LogP contribution in [0.25, 0.3) is 0 Å². The molecule has 6 rings (SSSR count). The van der Waals surface area contributed by atoms with Crippen LogP contribution in [0.5, 0.6) is 0 Å². The molecule has 1 N–H and O–H groups in total. The van der Waals surface area contributed by atoms with Crippen LogP contribution in [0.1, 0.15) is 92.4 Å². The maximum absolute atomic E-state index is 14.4. The molecule has 2 saturated carbocycles. The van der Waals surface area contributed by atoms with Crippen molar-refractivity contribution in [3.8, 4) is 0 Å². The van der Waals surface area contributed by atoms with Gasteiger partial charge in [-0.3, -0.25) is 4.79 Å². The lowest BCUT2D eigenvalue weighted by Crippen LogP contribution is -2.82. The largest absolute Gasteiger partial charge is 0.455 e. The Balaban J connectivity index is 1.69. The van der Waals surface area contributed by atoms with Gasteiger partial charge in [-0.1, -0.05) is 65.8 Å². The highest BCUT2D eigenvalue weighted by molar-refractivity contribution is 6.73. The van der Waals surface area contributed by atoms with Crippen molar-refractivity contribution in [2.45, 2.75) is 154 Å². The second kappa shape index (κ2) is 13.7. The van der Waals surface area contributed by atoms with E-state index in [0.29, 0.717) is 12.0 Å². The summed E-state index contributed by atoms with van der Waals surface area (Å²) >= 11 is 0. The van der Waals surface area contributed by atoms with Crippen molar-refractivity contribution in [2.24, 2.45) is 16.7 Å². The molecule has 1 aromatic rings. The Labute approximate surface area is 310 Å². The minimum atomic E-state index is -2.24. The Morgan fingerprint density at radius 2 is 1.69 bits per heavy atom. The Kier molecular flexibility index (Phi) is 10.4. The molecule has 11 heteroatoms. The van der Waals surface area contributed by atoms with Crippen molar-refractivity contribution in [3.05, 3.63) is 59.7 Å². The second-order valence-corrected chi connectivity index (χ2v) is 21.6. The Morgan fingerprint density at radius 1 is 1.04 bits per heavy atom. The Hall–Kier alpha value is -2.38. The molecule has 0 amide bonds. The second-order valence-electron chi connectivity index (χ2n) is 16.9. The number of carbonyl (C=O) groups is 2. The highest BCUT2D eigenvalue weighted by Crippen LogP contribution is 2.67. The fourth-order valence-corrected chi connectivity index (χ4v) is 13.5. The van der Waals surface area contributed by atoms with Gasteiger partial charge in [0.25, 0.3) is 0 Å². The standard InChI is InChI=1S/C41H60O10Si/c1-12-21-45-29-22-30-40(24-46-30,48-26(6)42)33-35(47-36(43)27-19-17-16-18-20-27)41(44)23-28(51-52(13-2,14-3)15-4)25(5)31(37(41,7)8)32-34(39(29,33)11)50-38(9,10)49-32/h12,16-20,28-30,32-35,44H,1,13-15,21-24H2,2-11H3/t28?,29-,30+,32+,33-,34+,35-,39+,40-,41+/m0/s1. The molecule has 288 valence electrons. The van der Waals surface area contributed by atoms with Gasteiger partial charge >= 0.3 is 11.9 Å². The van der Waals surface area contributed by atoms with E-state index in [1.165, 1.54) is 6.92 Å². The zero-order valence-corrected chi connectivity index (χ0v) is 33.8. The van der Waals surface area contributed by atoms with Crippen LogP contribution in [0.15, 0.2) is 54.1 Å². The van der Waals surface area contributed by atoms with E-state index >= 15 is 0 Å². The van der Waals surface area contributed by atoms with Crippen LogP contribution in [0.4, 0.5) is 0 Å². The van der Waals surface area contributed by atoms with Crippen LogP contribution in [0, 0.1) is 16.7 Å². The van der Waals surface area contributed by atoms with Gasteiger partial charge in [-0.05, 0) is 62.2 Å². The van der Waals surface area contributed by atoms with Crippen LogP contribution >= 0.6 is 0 Å². The molecule has 0 aromatic heterocycles. The van der Waals surface area contributed by atoms with Gasteiger partial charge in [0.15, 0.2) is 19.7 Å². The number of hydrogen-bond donors (Lipinski definition) is 1. The van der Waals surface area contributed by atoms with Gasteiger partial charge in [0.2, 0.25) is 0 Å². The fraction of sp³-hybridized carbons (Fsp3) is 0.707. The molecule has 4 fully saturated rings. The normalized spacial score (nSPS) is 38.8. The first-order chi connectivity index (χ1) is 24.4. The molecule has 1 aromatic carbocycles. The first-order valence-electron chi connectivity index (χ1n) is 19.2. The minimum absolute atomic E-state index is 0.0579. The van der Waals surface area contributed by atoms with E-state index in [4.69, 9.17) is 32.8 Å². The third-order valence-electron chi connectivity index (χ3n) is 13.6. The summed E-state index contributed by atoms with van der Waals surface area (Å²) in [4.78, 5) is 27.6. The Bertz CT molecular complexity index is 1560. The molecule has 0 spiro atoms. The van der Waals surface area contributed by atoms with E-state index in [1.807, 2.05) is 33.8 Å². The number of ether oxygens (including phenoxy) is 6. The van der Waals surface area contributed by atoms with Gasteiger partial charge in [0, 0.05) is 30.6 Å². The number of benzene rings is 1.